The number of nitrogens with two attached hydrogens (primary N) is 1. The highest BCUT2D eigenvalue weighted by Gasteiger charge is 2.14. The predicted molar refractivity (Wildman–Crippen MR) is 66.0 cm³/mol. The van der Waals surface area contributed by atoms with Crippen molar-refractivity contribution in [3.8, 4) is 22.4 Å². The first kappa shape index (κ1) is 9.65. The molecule has 0 spiro atoms. The largest absolute Gasteiger partial charge is 0.382 e. The molecule has 84 valence electrons. The van der Waals surface area contributed by atoms with E-state index in [2.05, 4.69) is 20.4 Å². The Kier molecular flexibility index (Phi) is 2.15. The van der Waals surface area contributed by atoms with Crippen molar-refractivity contribution in [3.05, 3.63) is 42.7 Å². The lowest BCUT2D eigenvalue weighted by Gasteiger charge is -2.02. The molecule has 0 unspecified atom stereocenters. The first-order chi connectivity index (χ1) is 8.36. The molecule has 0 aliphatic carbocycles. The summed E-state index contributed by atoms with van der Waals surface area (Å²) < 4.78 is 0. The highest BCUT2D eigenvalue weighted by atomic mass is 15.2. The fourth-order valence-corrected chi connectivity index (χ4v) is 1.85. The van der Waals surface area contributed by atoms with Crippen LogP contribution in [0.3, 0.4) is 0 Å². The number of hydrogen-bond donors (Lipinski definition) is 3. The van der Waals surface area contributed by atoms with Crippen molar-refractivity contribution in [1.82, 2.24) is 20.4 Å². The third-order valence-electron chi connectivity index (χ3n) is 2.64. The fraction of sp³-hybridized carbons (Fsp3) is 0. The Balaban J connectivity index is 2.20. The molecular formula is C12H11N5. The molecule has 1 aromatic carbocycles. The Morgan fingerprint density at radius 1 is 1.06 bits per heavy atom. The minimum atomic E-state index is 0.493. The van der Waals surface area contributed by atoms with Gasteiger partial charge >= 0.3 is 0 Å². The predicted octanol–water partition coefficient (Wildman–Crippen LogP) is 2.05. The van der Waals surface area contributed by atoms with Gasteiger partial charge in [0.25, 0.3) is 0 Å². The third-order valence-corrected chi connectivity index (χ3v) is 2.64. The van der Waals surface area contributed by atoms with Gasteiger partial charge in [-0.1, -0.05) is 30.3 Å². The number of benzene rings is 1. The average Bonchev–Trinajstić information content (AvgIpc) is 2.98. The molecule has 0 saturated carbocycles. The third kappa shape index (κ3) is 1.57. The maximum atomic E-state index is 5.91. The number of hydrogen-bond acceptors (Lipinski definition) is 3. The molecule has 5 heteroatoms. The van der Waals surface area contributed by atoms with E-state index in [1.54, 1.807) is 12.4 Å². The van der Waals surface area contributed by atoms with Crippen LogP contribution in [-0.2, 0) is 0 Å². The van der Waals surface area contributed by atoms with Crippen LogP contribution in [0, 0.1) is 0 Å². The van der Waals surface area contributed by atoms with Crippen LogP contribution in [0.2, 0.25) is 0 Å². The van der Waals surface area contributed by atoms with E-state index in [0.717, 1.165) is 22.4 Å². The van der Waals surface area contributed by atoms with Crippen molar-refractivity contribution in [2.24, 2.45) is 0 Å². The van der Waals surface area contributed by atoms with Crippen molar-refractivity contribution in [2.45, 2.75) is 0 Å². The SMILES string of the molecule is Nc1n[nH]c(-c2cn[nH]c2)c1-c1ccccc1. The van der Waals surface area contributed by atoms with Gasteiger partial charge in [-0.05, 0) is 5.56 Å². The smallest absolute Gasteiger partial charge is 0.153 e. The average molecular weight is 225 g/mol. The second-order valence-corrected chi connectivity index (χ2v) is 3.71. The Bertz CT molecular complexity index is 610. The van der Waals surface area contributed by atoms with E-state index in [-0.39, 0.29) is 0 Å². The number of anilines is 1. The van der Waals surface area contributed by atoms with Gasteiger partial charge in [-0.15, -0.1) is 0 Å². The summed E-state index contributed by atoms with van der Waals surface area (Å²) in [5.74, 6) is 0.493. The van der Waals surface area contributed by atoms with Crippen LogP contribution in [0.25, 0.3) is 22.4 Å². The van der Waals surface area contributed by atoms with Gasteiger partial charge in [0.05, 0.1) is 17.5 Å². The van der Waals surface area contributed by atoms with Crippen LogP contribution in [0.1, 0.15) is 0 Å². The van der Waals surface area contributed by atoms with Gasteiger partial charge in [0.2, 0.25) is 0 Å². The molecule has 3 aromatic rings. The van der Waals surface area contributed by atoms with Crippen LogP contribution in [0.5, 0.6) is 0 Å². The van der Waals surface area contributed by atoms with Crippen LogP contribution in [-0.4, -0.2) is 20.4 Å². The maximum Gasteiger partial charge on any atom is 0.153 e. The molecule has 0 aliphatic rings. The van der Waals surface area contributed by atoms with Crippen LogP contribution < -0.4 is 5.73 Å². The molecule has 0 aliphatic heterocycles. The van der Waals surface area contributed by atoms with E-state index in [0.29, 0.717) is 5.82 Å². The molecule has 0 atom stereocenters. The van der Waals surface area contributed by atoms with E-state index in [1.165, 1.54) is 0 Å². The standard InChI is InChI=1S/C12H11N5/c13-12-10(8-4-2-1-3-5-8)11(16-17-12)9-6-14-15-7-9/h1-7H,(H,14,15)(H3,13,16,17). The van der Waals surface area contributed by atoms with Crippen molar-refractivity contribution in [3.63, 3.8) is 0 Å². The molecule has 5 nitrogen and oxygen atoms in total. The Morgan fingerprint density at radius 3 is 2.59 bits per heavy atom. The number of rotatable bonds is 2. The summed E-state index contributed by atoms with van der Waals surface area (Å²) in [6, 6.07) is 9.93. The number of H-pyrrole nitrogens is 2. The quantitative estimate of drug-likeness (QED) is 0.624. The number of nitrogens with one attached hydrogen (secondary N) is 2. The molecule has 0 saturated heterocycles. The van der Waals surface area contributed by atoms with E-state index >= 15 is 0 Å². The summed E-state index contributed by atoms with van der Waals surface area (Å²) in [6.45, 7) is 0. The molecule has 0 fully saturated rings. The lowest BCUT2D eigenvalue weighted by atomic mass is 10.0. The monoisotopic (exact) mass is 225 g/mol. The van der Waals surface area contributed by atoms with Crippen molar-refractivity contribution < 1.29 is 0 Å². The van der Waals surface area contributed by atoms with Crippen LogP contribution in [0.4, 0.5) is 5.82 Å². The van der Waals surface area contributed by atoms with Crippen molar-refractivity contribution in [2.75, 3.05) is 5.73 Å². The number of aromatic amines is 2. The lowest BCUT2D eigenvalue weighted by Crippen LogP contribution is -1.88. The Morgan fingerprint density at radius 2 is 1.88 bits per heavy atom. The number of nitrogens with zero attached hydrogens (tertiary/aromatic N) is 2. The van der Waals surface area contributed by atoms with Gasteiger partial charge in [-0.2, -0.15) is 10.2 Å². The molecule has 0 bridgehead atoms. The fourth-order valence-electron chi connectivity index (χ4n) is 1.85. The van der Waals surface area contributed by atoms with Gasteiger partial charge in [0.15, 0.2) is 5.82 Å². The van der Waals surface area contributed by atoms with E-state index in [9.17, 15) is 0 Å². The first-order valence-electron chi connectivity index (χ1n) is 5.24. The second-order valence-electron chi connectivity index (χ2n) is 3.71. The van der Waals surface area contributed by atoms with Crippen LogP contribution in [0.15, 0.2) is 42.7 Å². The molecule has 0 radical (unpaired) electrons. The van der Waals surface area contributed by atoms with Gasteiger partial charge in [-0.3, -0.25) is 10.2 Å². The summed E-state index contributed by atoms with van der Waals surface area (Å²) in [5, 5.41) is 13.7. The maximum absolute atomic E-state index is 5.91. The molecule has 3 rings (SSSR count). The highest BCUT2D eigenvalue weighted by molar-refractivity contribution is 5.87. The molecule has 2 aromatic heterocycles. The Hall–Kier alpha value is -2.56. The van der Waals surface area contributed by atoms with Gasteiger partial charge < -0.3 is 5.73 Å². The zero-order valence-corrected chi connectivity index (χ0v) is 9.01. The summed E-state index contributed by atoms with van der Waals surface area (Å²) in [4.78, 5) is 0. The topological polar surface area (TPSA) is 83.4 Å². The van der Waals surface area contributed by atoms with E-state index < -0.39 is 0 Å². The highest BCUT2D eigenvalue weighted by Crippen LogP contribution is 2.33. The van der Waals surface area contributed by atoms with Gasteiger partial charge in [0, 0.05) is 11.8 Å². The van der Waals surface area contributed by atoms with Crippen molar-refractivity contribution >= 4 is 5.82 Å². The zero-order chi connectivity index (χ0) is 11.7. The molecule has 17 heavy (non-hydrogen) atoms. The van der Waals surface area contributed by atoms with E-state index in [4.69, 9.17) is 5.73 Å². The number of nitrogen functional groups attached to an aromatic ring is 1. The molecule has 0 amide bonds. The zero-order valence-electron chi connectivity index (χ0n) is 9.01. The van der Waals surface area contributed by atoms with Gasteiger partial charge in [0.1, 0.15) is 0 Å². The minimum absolute atomic E-state index is 0.493. The Labute approximate surface area is 97.7 Å². The minimum Gasteiger partial charge on any atom is -0.382 e. The van der Waals surface area contributed by atoms with Gasteiger partial charge in [-0.25, -0.2) is 0 Å². The molecular weight excluding hydrogens is 214 g/mol. The first-order valence-corrected chi connectivity index (χ1v) is 5.24. The van der Waals surface area contributed by atoms with Crippen molar-refractivity contribution in [1.29, 1.82) is 0 Å². The molecule has 4 N–H and O–H groups in total. The summed E-state index contributed by atoms with van der Waals surface area (Å²) in [5.41, 5.74) is 9.67. The summed E-state index contributed by atoms with van der Waals surface area (Å²) >= 11 is 0. The lowest BCUT2D eigenvalue weighted by molar-refractivity contribution is 1.09. The normalized spacial score (nSPS) is 10.6. The number of aromatic nitrogens is 4. The summed E-state index contributed by atoms with van der Waals surface area (Å²) in [7, 11) is 0. The van der Waals surface area contributed by atoms with Crippen LogP contribution >= 0.6 is 0 Å². The molecule has 2 heterocycles. The second kappa shape index (κ2) is 3.79. The summed E-state index contributed by atoms with van der Waals surface area (Å²) in [6.07, 6.45) is 3.54. The van der Waals surface area contributed by atoms with E-state index in [1.807, 2.05) is 30.3 Å².